The zero-order valence-electron chi connectivity index (χ0n) is 11.0. The number of ketones is 1. The third kappa shape index (κ3) is 4.14. The van der Waals surface area contributed by atoms with Crippen LogP contribution in [0.25, 0.3) is 0 Å². The molecule has 1 aliphatic heterocycles. The summed E-state index contributed by atoms with van der Waals surface area (Å²) in [6, 6.07) is 5.95. The second kappa shape index (κ2) is 6.99. The molecule has 0 saturated heterocycles. The standard InChI is InChI=1S/C13H16N2O3S.ClH/c1-10(16)11-4-6-13(7-5-11)19(17,18)15-9-12-3-2-8-14-12;/h2-7,12,14-15H,8-9H2,1H3;1H. The highest BCUT2D eigenvalue weighted by atomic mass is 35.5. The van der Waals surface area contributed by atoms with Gasteiger partial charge < -0.3 is 5.32 Å². The van der Waals surface area contributed by atoms with Gasteiger partial charge in [0.15, 0.2) is 5.78 Å². The Morgan fingerprint density at radius 2 is 2.00 bits per heavy atom. The van der Waals surface area contributed by atoms with Crippen molar-refractivity contribution in [3.05, 3.63) is 42.0 Å². The minimum absolute atomic E-state index is 0. The molecule has 0 saturated carbocycles. The maximum atomic E-state index is 12.0. The first kappa shape index (κ1) is 16.8. The van der Waals surface area contributed by atoms with Crippen LogP contribution in [0.15, 0.2) is 41.3 Å². The molecule has 1 aromatic carbocycles. The second-order valence-corrected chi connectivity index (χ2v) is 6.14. The third-order valence-corrected chi connectivity index (χ3v) is 4.37. The molecule has 0 radical (unpaired) electrons. The van der Waals surface area contributed by atoms with E-state index in [9.17, 15) is 13.2 Å². The molecule has 0 bridgehead atoms. The molecule has 1 atom stereocenters. The molecule has 110 valence electrons. The molecule has 0 spiro atoms. The predicted octanol–water partition coefficient (Wildman–Crippen LogP) is 1.12. The highest BCUT2D eigenvalue weighted by molar-refractivity contribution is 7.89. The van der Waals surface area contributed by atoms with Crippen molar-refractivity contribution in [2.75, 3.05) is 13.1 Å². The molecule has 2 rings (SSSR count). The predicted molar refractivity (Wildman–Crippen MR) is 79.8 cm³/mol. The van der Waals surface area contributed by atoms with Crippen LogP contribution in [0.1, 0.15) is 17.3 Å². The lowest BCUT2D eigenvalue weighted by Gasteiger charge is -2.11. The Morgan fingerprint density at radius 1 is 1.35 bits per heavy atom. The van der Waals surface area contributed by atoms with E-state index in [4.69, 9.17) is 0 Å². The van der Waals surface area contributed by atoms with Gasteiger partial charge >= 0.3 is 0 Å². The average Bonchev–Trinajstić information content (AvgIpc) is 2.90. The van der Waals surface area contributed by atoms with E-state index in [2.05, 4.69) is 10.0 Å². The molecule has 0 aromatic heterocycles. The lowest BCUT2D eigenvalue weighted by molar-refractivity contribution is 0.101. The number of carbonyl (C=O) groups is 1. The average molecular weight is 317 g/mol. The van der Waals surface area contributed by atoms with E-state index >= 15 is 0 Å². The fourth-order valence-corrected chi connectivity index (χ4v) is 2.87. The summed E-state index contributed by atoms with van der Waals surface area (Å²) in [6.45, 7) is 2.52. The molecule has 1 aromatic rings. The maximum Gasteiger partial charge on any atom is 0.240 e. The zero-order valence-corrected chi connectivity index (χ0v) is 12.6. The molecular formula is C13H17ClN2O3S. The number of rotatable bonds is 5. The van der Waals surface area contributed by atoms with Crippen LogP contribution in [0.2, 0.25) is 0 Å². The fraction of sp³-hybridized carbons (Fsp3) is 0.308. The normalized spacial score (nSPS) is 17.8. The molecule has 0 aliphatic carbocycles. The highest BCUT2D eigenvalue weighted by Gasteiger charge is 2.16. The summed E-state index contributed by atoms with van der Waals surface area (Å²) in [7, 11) is -3.53. The topological polar surface area (TPSA) is 75.3 Å². The summed E-state index contributed by atoms with van der Waals surface area (Å²) in [4.78, 5) is 11.3. The van der Waals surface area contributed by atoms with E-state index in [1.165, 1.54) is 31.2 Å². The molecular weight excluding hydrogens is 300 g/mol. The van der Waals surface area contributed by atoms with Gasteiger partial charge in [-0.3, -0.25) is 4.79 Å². The van der Waals surface area contributed by atoms with Crippen LogP contribution in [0, 0.1) is 0 Å². The monoisotopic (exact) mass is 316 g/mol. The number of hydrogen-bond acceptors (Lipinski definition) is 4. The van der Waals surface area contributed by atoms with Gasteiger partial charge in [-0.15, -0.1) is 12.4 Å². The molecule has 1 heterocycles. The highest BCUT2D eigenvalue weighted by Crippen LogP contribution is 2.11. The van der Waals surface area contributed by atoms with Crippen molar-refractivity contribution in [2.24, 2.45) is 0 Å². The molecule has 20 heavy (non-hydrogen) atoms. The van der Waals surface area contributed by atoms with Crippen LogP contribution < -0.4 is 10.0 Å². The number of halogens is 1. The van der Waals surface area contributed by atoms with Gasteiger partial charge in [0.1, 0.15) is 0 Å². The number of carbonyl (C=O) groups excluding carboxylic acids is 1. The van der Waals surface area contributed by atoms with E-state index in [0.717, 1.165) is 6.54 Å². The van der Waals surface area contributed by atoms with E-state index in [1.54, 1.807) is 0 Å². The van der Waals surface area contributed by atoms with Crippen LogP contribution >= 0.6 is 12.4 Å². The van der Waals surface area contributed by atoms with Gasteiger partial charge in [-0.1, -0.05) is 24.3 Å². The summed E-state index contributed by atoms with van der Waals surface area (Å²) in [5, 5.41) is 3.12. The summed E-state index contributed by atoms with van der Waals surface area (Å²) in [5.41, 5.74) is 0.499. The summed E-state index contributed by atoms with van der Waals surface area (Å²) in [6.07, 6.45) is 3.89. The van der Waals surface area contributed by atoms with Gasteiger partial charge in [-0.2, -0.15) is 0 Å². The number of Topliss-reactive ketones (excluding diaryl/α,β-unsaturated/α-hetero) is 1. The SMILES string of the molecule is CC(=O)c1ccc(S(=O)(=O)NCC2C=CCN2)cc1.Cl. The van der Waals surface area contributed by atoms with Gasteiger partial charge in [0.25, 0.3) is 0 Å². The van der Waals surface area contributed by atoms with Crippen LogP contribution in [0.5, 0.6) is 0 Å². The number of nitrogens with one attached hydrogen (secondary N) is 2. The smallest absolute Gasteiger partial charge is 0.240 e. The van der Waals surface area contributed by atoms with Crippen molar-refractivity contribution < 1.29 is 13.2 Å². The van der Waals surface area contributed by atoms with Gasteiger partial charge in [-0.25, -0.2) is 13.1 Å². The Bertz CT molecular complexity index is 597. The summed E-state index contributed by atoms with van der Waals surface area (Å²) < 4.78 is 26.6. The lowest BCUT2D eigenvalue weighted by Crippen LogP contribution is -2.37. The van der Waals surface area contributed by atoms with Crippen molar-refractivity contribution in [1.82, 2.24) is 10.0 Å². The largest absolute Gasteiger partial charge is 0.306 e. The van der Waals surface area contributed by atoms with Crippen molar-refractivity contribution in [1.29, 1.82) is 0 Å². The molecule has 0 amide bonds. The Kier molecular flexibility index (Phi) is 5.88. The van der Waals surface area contributed by atoms with Crippen LogP contribution in [0.4, 0.5) is 0 Å². The lowest BCUT2D eigenvalue weighted by atomic mass is 10.2. The van der Waals surface area contributed by atoms with E-state index in [0.29, 0.717) is 12.1 Å². The molecule has 0 fully saturated rings. The van der Waals surface area contributed by atoms with Gasteiger partial charge in [0.05, 0.1) is 4.90 Å². The Balaban J connectivity index is 0.00000200. The molecule has 7 heteroatoms. The molecule has 1 aliphatic rings. The van der Waals surface area contributed by atoms with Crippen LogP contribution in [-0.2, 0) is 10.0 Å². The number of benzene rings is 1. The van der Waals surface area contributed by atoms with Crippen LogP contribution in [-0.4, -0.2) is 33.3 Å². The number of hydrogen-bond donors (Lipinski definition) is 2. The quantitative estimate of drug-likeness (QED) is 0.630. The first-order valence-electron chi connectivity index (χ1n) is 6.00. The summed E-state index contributed by atoms with van der Waals surface area (Å²) in [5.74, 6) is -0.0859. The van der Waals surface area contributed by atoms with Gasteiger partial charge in [0, 0.05) is 24.7 Å². The number of sulfonamides is 1. The molecule has 1 unspecified atom stereocenters. The minimum Gasteiger partial charge on any atom is -0.306 e. The molecule has 2 N–H and O–H groups in total. The second-order valence-electron chi connectivity index (χ2n) is 4.38. The Morgan fingerprint density at radius 3 is 2.50 bits per heavy atom. The first-order chi connectivity index (χ1) is 8.99. The van der Waals surface area contributed by atoms with Crippen molar-refractivity contribution in [3.63, 3.8) is 0 Å². The maximum absolute atomic E-state index is 12.0. The fourth-order valence-electron chi connectivity index (χ4n) is 1.81. The van der Waals surface area contributed by atoms with Gasteiger partial charge in [-0.05, 0) is 19.1 Å². The van der Waals surface area contributed by atoms with Crippen molar-refractivity contribution >= 4 is 28.2 Å². The zero-order chi connectivity index (χ0) is 13.9. The van der Waals surface area contributed by atoms with E-state index in [-0.39, 0.29) is 29.1 Å². The van der Waals surface area contributed by atoms with Crippen molar-refractivity contribution in [3.8, 4) is 0 Å². The van der Waals surface area contributed by atoms with Gasteiger partial charge in [0.2, 0.25) is 10.0 Å². The van der Waals surface area contributed by atoms with E-state index in [1.807, 2.05) is 12.2 Å². The molecule has 5 nitrogen and oxygen atoms in total. The minimum atomic E-state index is -3.53. The Hall–Kier alpha value is -1.21. The van der Waals surface area contributed by atoms with E-state index < -0.39 is 10.0 Å². The first-order valence-corrected chi connectivity index (χ1v) is 7.48. The summed E-state index contributed by atoms with van der Waals surface area (Å²) >= 11 is 0. The third-order valence-electron chi connectivity index (χ3n) is 2.93. The van der Waals surface area contributed by atoms with Crippen molar-refractivity contribution in [2.45, 2.75) is 17.9 Å². The Labute approximate surface area is 124 Å². The van der Waals surface area contributed by atoms with Crippen LogP contribution in [0.3, 0.4) is 0 Å².